The number of amides is 2. The van der Waals surface area contributed by atoms with Crippen molar-refractivity contribution in [2.45, 2.75) is 65.6 Å². The number of ketones is 1. The average Bonchev–Trinajstić information content (AvgIpc) is 2.68. The third-order valence-electron chi connectivity index (χ3n) is 5.68. The van der Waals surface area contributed by atoms with Crippen molar-refractivity contribution in [1.29, 1.82) is 0 Å². The maximum absolute atomic E-state index is 12.9. The molecule has 8 heteroatoms. The van der Waals surface area contributed by atoms with Crippen LogP contribution in [0.25, 0.3) is 0 Å². The van der Waals surface area contributed by atoms with E-state index in [2.05, 4.69) is 19.2 Å². The van der Waals surface area contributed by atoms with Crippen LogP contribution >= 0.6 is 11.8 Å². The van der Waals surface area contributed by atoms with Crippen LogP contribution in [0, 0.1) is 11.8 Å². The molecule has 0 heterocycles. The predicted molar refractivity (Wildman–Crippen MR) is 125 cm³/mol. The fourth-order valence-electron chi connectivity index (χ4n) is 3.81. The Hall–Kier alpha value is -1.12. The minimum atomic E-state index is -0.372. The first-order valence-electron chi connectivity index (χ1n) is 10.8. The zero-order valence-corrected chi connectivity index (χ0v) is 21.2. The second-order valence-corrected chi connectivity index (χ2v) is 9.43. The van der Waals surface area contributed by atoms with Gasteiger partial charge in [0.05, 0.1) is 24.7 Å². The van der Waals surface area contributed by atoms with Gasteiger partial charge < -0.3 is 15.0 Å². The molecule has 0 saturated heterocycles. The van der Waals surface area contributed by atoms with Gasteiger partial charge in [0.1, 0.15) is 5.78 Å². The zero-order valence-electron chi connectivity index (χ0n) is 20.4. The van der Waals surface area contributed by atoms with Crippen LogP contribution in [0.15, 0.2) is 0 Å². The van der Waals surface area contributed by atoms with Crippen LogP contribution in [0.4, 0.5) is 0 Å². The minimum Gasteiger partial charge on any atom is -0.379 e. The van der Waals surface area contributed by atoms with Crippen molar-refractivity contribution in [2.24, 2.45) is 11.8 Å². The number of nitrogens with one attached hydrogen (secondary N) is 1. The van der Waals surface area contributed by atoms with Crippen molar-refractivity contribution in [3.05, 3.63) is 0 Å². The van der Waals surface area contributed by atoms with Crippen molar-refractivity contribution < 1.29 is 19.1 Å². The molecule has 0 fully saturated rings. The zero-order chi connectivity index (χ0) is 23.4. The van der Waals surface area contributed by atoms with Crippen LogP contribution in [0.3, 0.4) is 0 Å². The van der Waals surface area contributed by atoms with E-state index in [0.717, 1.165) is 18.7 Å². The first-order chi connectivity index (χ1) is 14.0. The molecule has 0 aromatic heterocycles. The Morgan fingerprint density at radius 1 is 1.13 bits per heavy atom. The van der Waals surface area contributed by atoms with Gasteiger partial charge in [-0.15, -0.1) is 0 Å². The summed E-state index contributed by atoms with van der Waals surface area (Å²) in [6.45, 7) is 10.4. The van der Waals surface area contributed by atoms with Crippen molar-refractivity contribution in [3.63, 3.8) is 0 Å². The molecule has 4 atom stereocenters. The first kappa shape index (κ1) is 28.9. The topological polar surface area (TPSA) is 79.0 Å². The first-order valence-corrected chi connectivity index (χ1v) is 12.2. The Bertz CT molecular complexity index is 544. The van der Waals surface area contributed by atoms with Crippen molar-refractivity contribution >= 4 is 29.4 Å². The van der Waals surface area contributed by atoms with Crippen LogP contribution in [-0.2, 0) is 19.1 Å². The number of likely N-dealkylation sites (N-methyl/N-ethyl adjacent to an activating group) is 2. The molecule has 0 rings (SSSR count). The number of Topliss-reactive ketones (excluding diaryl/α,β-unsaturated/α-hetero) is 1. The summed E-state index contributed by atoms with van der Waals surface area (Å²) in [5, 5.41) is 2.83. The second kappa shape index (κ2) is 14.8. The van der Waals surface area contributed by atoms with E-state index >= 15 is 0 Å². The third kappa shape index (κ3) is 9.35. The number of ether oxygens (including phenoxy) is 1. The molecule has 1 N–H and O–H groups in total. The van der Waals surface area contributed by atoms with Gasteiger partial charge in [-0.3, -0.25) is 19.3 Å². The molecule has 30 heavy (non-hydrogen) atoms. The monoisotopic (exact) mass is 445 g/mol. The number of nitrogens with zero attached hydrogens (tertiary/aromatic N) is 2. The molecule has 0 radical (unpaired) electrons. The lowest BCUT2D eigenvalue weighted by atomic mass is 9.90. The summed E-state index contributed by atoms with van der Waals surface area (Å²) >= 11 is 1.74. The number of methoxy groups -OCH3 is 1. The number of thioether (sulfide) groups is 1. The Balaban J connectivity index is 5.20. The lowest BCUT2D eigenvalue weighted by molar-refractivity contribution is -0.139. The van der Waals surface area contributed by atoms with E-state index in [1.54, 1.807) is 30.8 Å². The summed E-state index contributed by atoms with van der Waals surface area (Å²) in [7, 11) is 5.24. The highest BCUT2D eigenvalue weighted by Gasteiger charge is 2.34. The van der Waals surface area contributed by atoms with Gasteiger partial charge in [-0.25, -0.2) is 0 Å². The van der Waals surface area contributed by atoms with Crippen LogP contribution < -0.4 is 5.32 Å². The molecule has 0 saturated carbocycles. The molecular formula is C22H43N3O4S. The summed E-state index contributed by atoms with van der Waals surface area (Å²) < 4.78 is 5.57. The number of hydrogen-bond acceptors (Lipinski definition) is 6. The van der Waals surface area contributed by atoms with Crippen LogP contribution in [-0.4, -0.2) is 91.9 Å². The van der Waals surface area contributed by atoms with Gasteiger partial charge >= 0.3 is 0 Å². The summed E-state index contributed by atoms with van der Waals surface area (Å²) in [5.41, 5.74) is 0. The standard InChI is InChI=1S/C22H43N3O4S/c1-10-16(4)21(18(29-8)13-17(5)26)25(7)19(27)14-23-22(28)20(15(2)3)24(6)11-12-30-9/h15-16,18,20-21H,10-14H2,1-9H3,(H,23,28). The van der Waals surface area contributed by atoms with Gasteiger partial charge in [0.25, 0.3) is 0 Å². The smallest absolute Gasteiger partial charge is 0.242 e. The van der Waals surface area contributed by atoms with Gasteiger partial charge in [0, 0.05) is 32.9 Å². The molecule has 7 nitrogen and oxygen atoms in total. The summed E-state index contributed by atoms with van der Waals surface area (Å²) in [4.78, 5) is 41.1. The summed E-state index contributed by atoms with van der Waals surface area (Å²) in [6, 6.07) is -0.525. The highest BCUT2D eigenvalue weighted by Crippen LogP contribution is 2.21. The maximum atomic E-state index is 12.9. The highest BCUT2D eigenvalue weighted by molar-refractivity contribution is 7.98. The van der Waals surface area contributed by atoms with Crippen molar-refractivity contribution in [3.8, 4) is 0 Å². The second-order valence-electron chi connectivity index (χ2n) is 8.44. The average molecular weight is 446 g/mol. The molecule has 0 aliphatic rings. The van der Waals surface area contributed by atoms with E-state index in [-0.39, 0.29) is 60.6 Å². The van der Waals surface area contributed by atoms with Gasteiger partial charge in [-0.1, -0.05) is 34.1 Å². The third-order valence-corrected chi connectivity index (χ3v) is 6.27. The molecular weight excluding hydrogens is 402 g/mol. The Morgan fingerprint density at radius 2 is 1.73 bits per heavy atom. The Morgan fingerprint density at radius 3 is 2.17 bits per heavy atom. The van der Waals surface area contributed by atoms with E-state index in [9.17, 15) is 14.4 Å². The lowest BCUT2D eigenvalue weighted by Gasteiger charge is -2.37. The molecule has 0 aromatic rings. The molecule has 2 amide bonds. The van der Waals surface area contributed by atoms with Crippen LogP contribution in [0.5, 0.6) is 0 Å². The van der Waals surface area contributed by atoms with Gasteiger partial charge in [0.15, 0.2) is 0 Å². The lowest BCUT2D eigenvalue weighted by Crippen LogP contribution is -2.54. The molecule has 0 spiro atoms. The highest BCUT2D eigenvalue weighted by atomic mass is 32.2. The van der Waals surface area contributed by atoms with Gasteiger partial charge in [0.2, 0.25) is 11.8 Å². The van der Waals surface area contributed by atoms with E-state index < -0.39 is 0 Å². The molecule has 0 bridgehead atoms. The van der Waals surface area contributed by atoms with Gasteiger partial charge in [-0.05, 0) is 32.1 Å². The molecule has 176 valence electrons. The van der Waals surface area contributed by atoms with Crippen LogP contribution in [0.1, 0.15) is 47.5 Å². The van der Waals surface area contributed by atoms with Crippen LogP contribution in [0.2, 0.25) is 0 Å². The van der Waals surface area contributed by atoms with Gasteiger partial charge in [-0.2, -0.15) is 11.8 Å². The largest absolute Gasteiger partial charge is 0.379 e. The number of hydrogen-bond donors (Lipinski definition) is 1. The number of carbonyl (C=O) groups is 3. The van der Waals surface area contributed by atoms with Crippen molar-refractivity contribution in [1.82, 2.24) is 15.1 Å². The fourth-order valence-corrected chi connectivity index (χ4v) is 4.28. The summed E-state index contributed by atoms with van der Waals surface area (Å²) in [6.07, 6.45) is 2.77. The Labute approximate surface area is 187 Å². The normalized spacial score (nSPS) is 15.6. The molecule has 0 aliphatic carbocycles. The van der Waals surface area contributed by atoms with E-state index in [1.807, 2.05) is 32.1 Å². The molecule has 0 aliphatic heterocycles. The minimum absolute atomic E-state index is 0.0253. The van der Waals surface area contributed by atoms with Crippen molar-refractivity contribution in [2.75, 3.05) is 46.3 Å². The SMILES string of the molecule is CCC(C)C(C(CC(C)=O)OC)N(C)C(=O)CNC(=O)C(C(C)C)N(C)CCSC. The molecule has 4 unspecified atom stereocenters. The maximum Gasteiger partial charge on any atom is 0.242 e. The quantitative estimate of drug-likeness (QED) is 0.417. The van der Waals surface area contributed by atoms with E-state index in [1.165, 1.54) is 6.92 Å². The number of rotatable bonds is 15. The fraction of sp³-hybridized carbons (Fsp3) is 0.864. The Kier molecular flexibility index (Phi) is 14.3. The van der Waals surface area contributed by atoms with E-state index in [0.29, 0.717) is 0 Å². The summed E-state index contributed by atoms with van der Waals surface area (Å²) in [5.74, 6) is 0.930. The van der Waals surface area contributed by atoms with E-state index in [4.69, 9.17) is 4.74 Å². The predicted octanol–water partition coefficient (Wildman–Crippen LogP) is 2.29. The molecule has 0 aromatic carbocycles. The number of carbonyl (C=O) groups excluding carboxylic acids is 3.